The second-order valence-electron chi connectivity index (χ2n) is 7.32. The molecule has 154 valence electrons. The molecule has 2 amide bonds. The first-order chi connectivity index (χ1) is 13.9. The highest BCUT2D eigenvalue weighted by Gasteiger charge is 2.28. The third kappa shape index (κ3) is 5.22. The highest BCUT2D eigenvalue weighted by molar-refractivity contribution is 5.96. The lowest BCUT2D eigenvalue weighted by molar-refractivity contribution is -0.120. The van der Waals surface area contributed by atoms with Crippen molar-refractivity contribution in [2.75, 3.05) is 35.7 Å². The number of aryl methyl sites for hydroxylation is 2. The topological polar surface area (TPSA) is 96.5 Å². The van der Waals surface area contributed by atoms with Crippen molar-refractivity contribution in [3.8, 4) is 5.75 Å². The maximum absolute atomic E-state index is 13.0. The fourth-order valence-electron chi connectivity index (χ4n) is 3.54. The predicted octanol–water partition coefficient (Wildman–Crippen LogP) is 2.92. The van der Waals surface area contributed by atoms with Crippen LogP contribution in [0.4, 0.5) is 17.3 Å². The maximum Gasteiger partial charge on any atom is 0.229 e. The molecule has 2 heterocycles. The number of hydrogen-bond donors (Lipinski definition) is 2. The number of benzene rings is 1. The fourth-order valence-corrected chi connectivity index (χ4v) is 3.54. The summed E-state index contributed by atoms with van der Waals surface area (Å²) in [6, 6.07) is 7.09. The van der Waals surface area contributed by atoms with Crippen molar-refractivity contribution in [1.29, 1.82) is 0 Å². The summed E-state index contributed by atoms with van der Waals surface area (Å²) < 4.78 is 5.35. The summed E-state index contributed by atoms with van der Waals surface area (Å²) in [6.07, 6.45) is 1.68. The van der Waals surface area contributed by atoms with E-state index in [1.807, 2.05) is 19.9 Å². The van der Waals surface area contributed by atoms with E-state index >= 15 is 0 Å². The Bertz CT molecular complexity index is 895. The minimum atomic E-state index is -0.192. The van der Waals surface area contributed by atoms with Gasteiger partial charge in [-0.05, 0) is 51.0 Å². The van der Waals surface area contributed by atoms with E-state index in [2.05, 4.69) is 25.5 Å². The van der Waals surface area contributed by atoms with Gasteiger partial charge in [-0.2, -0.15) is 0 Å². The molecular formula is C21H27N5O3. The molecule has 0 radical (unpaired) electrons. The average molecular weight is 397 g/mol. The minimum Gasteiger partial charge on any atom is -0.495 e. The largest absolute Gasteiger partial charge is 0.495 e. The zero-order valence-corrected chi connectivity index (χ0v) is 17.3. The third-order valence-electron chi connectivity index (χ3n) is 4.82. The van der Waals surface area contributed by atoms with Crippen LogP contribution in [0.2, 0.25) is 0 Å². The molecule has 0 aliphatic carbocycles. The first-order valence-corrected chi connectivity index (χ1v) is 9.69. The summed E-state index contributed by atoms with van der Waals surface area (Å²) in [5.41, 5.74) is 2.96. The lowest BCUT2D eigenvalue weighted by atomic mass is 9.97. The van der Waals surface area contributed by atoms with Gasteiger partial charge in [-0.1, -0.05) is 0 Å². The summed E-state index contributed by atoms with van der Waals surface area (Å²) in [4.78, 5) is 35.4. The van der Waals surface area contributed by atoms with E-state index < -0.39 is 0 Å². The molecule has 3 rings (SSSR count). The number of anilines is 3. The Morgan fingerprint density at radius 3 is 2.52 bits per heavy atom. The summed E-state index contributed by atoms with van der Waals surface area (Å²) >= 11 is 0. The van der Waals surface area contributed by atoms with E-state index in [0.717, 1.165) is 30.8 Å². The Morgan fingerprint density at radius 2 is 1.86 bits per heavy atom. The number of ether oxygens (including phenoxy) is 1. The van der Waals surface area contributed by atoms with E-state index in [0.29, 0.717) is 29.6 Å². The fraction of sp³-hybridized carbons (Fsp3) is 0.429. The number of methoxy groups -OCH3 is 1. The molecule has 0 spiro atoms. The van der Waals surface area contributed by atoms with Gasteiger partial charge in [0, 0.05) is 37.1 Å². The Kier molecular flexibility index (Phi) is 6.31. The van der Waals surface area contributed by atoms with Crippen molar-refractivity contribution < 1.29 is 14.3 Å². The van der Waals surface area contributed by atoms with Crippen molar-refractivity contribution in [1.82, 2.24) is 9.97 Å². The highest BCUT2D eigenvalue weighted by atomic mass is 16.5. The van der Waals surface area contributed by atoms with Crippen LogP contribution in [0.5, 0.6) is 5.75 Å². The SMILES string of the molecule is COc1ccc(NC(C)=O)cc1NC(=O)[C@H]1CCCN(c2nc(C)cc(C)n2)C1. The number of aromatic nitrogens is 2. The molecule has 1 saturated heterocycles. The third-order valence-corrected chi connectivity index (χ3v) is 4.82. The number of nitrogens with zero attached hydrogens (tertiary/aromatic N) is 3. The van der Waals surface area contributed by atoms with E-state index in [4.69, 9.17) is 4.74 Å². The number of hydrogen-bond acceptors (Lipinski definition) is 6. The molecule has 1 aromatic carbocycles. The summed E-state index contributed by atoms with van der Waals surface area (Å²) in [5.74, 6) is 0.756. The quantitative estimate of drug-likeness (QED) is 0.805. The molecule has 1 aliphatic heterocycles. The normalized spacial score (nSPS) is 16.3. The molecule has 1 aromatic heterocycles. The molecule has 0 bridgehead atoms. The molecule has 0 unspecified atom stereocenters. The second-order valence-corrected chi connectivity index (χ2v) is 7.32. The highest BCUT2D eigenvalue weighted by Crippen LogP contribution is 2.29. The van der Waals surface area contributed by atoms with Crippen molar-refractivity contribution in [2.24, 2.45) is 5.92 Å². The van der Waals surface area contributed by atoms with Crippen molar-refractivity contribution in [3.63, 3.8) is 0 Å². The van der Waals surface area contributed by atoms with Crippen molar-refractivity contribution in [2.45, 2.75) is 33.6 Å². The van der Waals surface area contributed by atoms with Crippen LogP contribution in [-0.4, -0.2) is 42.0 Å². The number of carbonyl (C=O) groups is 2. The lowest BCUT2D eigenvalue weighted by Crippen LogP contribution is -2.41. The smallest absolute Gasteiger partial charge is 0.229 e. The van der Waals surface area contributed by atoms with Crippen LogP contribution in [0.25, 0.3) is 0 Å². The predicted molar refractivity (Wildman–Crippen MR) is 112 cm³/mol. The van der Waals surface area contributed by atoms with Gasteiger partial charge in [-0.15, -0.1) is 0 Å². The average Bonchev–Trinajstić information content (AvgIpc) is 2.67. The van der Waals surface area contributed by atoms with Crippen LogP contribution in [0.3, 0.4) is 0 Å². The number of carbonyl (C=O) groups excluding carboxylic acids is 2. The number of piperidine rings is 1. The number of nitrogens with one attached hydrogen (secondary N) is 2. The van der Waals surface area contributed by atoms with Crippen LogP contribution < -0.4 is 20.3 Å². The Morgan fingerprint density at radius 1 is 1.14 bits per heavy atom. The number of rotatable bonds is 5. The van der Waals surface area contributed by atoms with Gasteiger partial charge in [0.15, 0.2) is 0 Å². The summed E-state index contributed by atoms with van der Waals surface area (Å²) in [7, 11) is 1.54. The second kappa shape index (κ2) is 8.89. The molecule has 1 aliphatic rings. The molecular weight excluding hydrogens is 370 g/mol. The molecule has 8 heteroatoms. The van der Waals surface area contributed by atoms with Gasteiger partial charge in [0.25, 0.3) is 0 Å². The monoisotopic (exact) mass is 397 g/mol. The first kappa shape index (κ1) is 20.6. The van der Waals surface area contributed by atoms with Gasteiger partial charge in [0.1, 0.15) is 5.75 Å². The van der Waals surface area contributed by atoms with Gasteiger partial charge in [-0.25, -0.2) is 9.97 Å². The lowest BCUT2D eigenvalue weighted by Gasteiger charge is -2.32. The summed E-state index contributed by atoms with van der Waals surface area (Å²) in [5, 5.41) is 5.67. The van der Waals surface area contributed by atoms with Gasteiger partial charge < -0.3 is 20.3 Å². The van der Waals surface area contributed by atoms with Gasteiger partial charge >= 0.3 is 0 Å². The molecule has 29 heavy (non-hydrogen) atoms. The van der Waals surface area contributed by atoms with Gasteiger partial charge in [-0.3, -0.25) is 9.59 Å². The molecule has 1 fully saturated rings. The Balaban J connectivity index is 1.74. The van der Waals surface area contributed by atoms with Crippen molar-refractivity contribution in [3.05, 3.63) is 35.7 Å². The molecule has 2 aromatic rings. The van der Waals surface area contributed by atoms with Crippen LogP contribution >= 0.6 is 0 Å². The summed E-state index contributed by atoms with van der Waals surface area (Å²) in [6.45, 7) is 6.71. The number of amides is 2. The van der Waals surface area contributed by atoms with Crippen LogP contribution in [-0.2, 0) is 9.59 Å². The molecule has 2 N–H and O–H groups in total. The molecule has 0 saturated carbocycles. The van der Waals surface area contributed by atoms with Crippen LogP contribution in [0.15, 0.2) is 24.3 Å². The van der Waals surface area contributed by atoms with Gasteiger partial charge in [0.2, 0.25) is 17.8 Å². The Hall–Kier alpha value is -3.16. The van der Waals surface area contributed by atoms with E-state index in [9.17, 15) is 9.59 Å². The molecule has 1 atom stereocenters. The van der Waals surface area contributed by atoms with Crippen molar-refractivity contribution >= 4 is 29.1 Å². The van der Waals surface area contributed by atoms with Gasteiger partial charge in [0.05, 0.1) is 18.7 Å². The zero-order chi connectivity index (χ0) is 21.0. The standard InChI is InChI=1S/C21H27N5O3/c1-13-10-14(2)23-21(22-13)26-9-5-6-16(12-26)20(28)25-18-11-17(24-15(3)27)7-8-19(18)29-4/h7-8,10-11,16H,5-6,9,12H2,1-4H3,(H,24,27)(H,25,28)/t16-/m0/s1. The first-order valence-electron chi connectivity index (χ1n) is 9.69. The molecule has 8 nitrogen and oxygen atoms in total. The van der Waals surface area contributed by atoms with E-state index in [-0.39, 0.29) is 17.7 Å². The van der Waals surface area contributed by atoms with E-state index in [1.165, 1.54) is 6.92 Å². The van der Waals surface area contributed by atoms with E-state index in [1.54, 1.807) is 25.3 Å². The zero-order valence-electron chi connectivity index (χ0n) is 17.3. The van der Waals surface area contributed by atoms with Crippen LogP contribution in [0.1, 0.15) is 31.2 Å². The maximum atomic E-state index is 13.0. The van der Waals surface area contributed by atoms with Crippen LogP contribution in [0, 0.1) is 19.8 Å². The minimum absolute atomic E-state index is 0.0858. The Labute approximate surface area is 170 Å².